The standard InChI is InChI=1S/C16H21N3O4/c1-23-15(21)8-7-14(20)18-9-11-19(12-10-18)16(22)17-13-5-3-2-4-6-13/h2-6H,7-12H2,1H3,(H,17,22). The summed E-state index contributed by atoms with van der Waals surface area (Å²) in [6, 6.07) is 9.07. The first kappa shape index (κ1) is 16.8. The minimum atomic E-state index is -0.390. The molecule has 0 atom stereocenters. The van der Waals surface area contributed by atoms with Gasteiger partial charge in [0.25, 0.3) is 0 Å². The minimum Gasteiger partial charge on any atom is -0.469 e. The lowest BCUT2D eigenvalue weighted by Crippen LogP contribution is -2.51. The van der Waals surface area contributed by atoms with Gasteiger partial charge < -0.3 is 19.9 Å². The molecule has 2 rings (SSSR count). The first-order valence-electron chi connectivity index (χ1n) is 7.55. The predicted molar refractivity (Wildman–Crippen MR) is 84.9 cm³/mol. The fourth-order valence-electron chi connectivity index (χ4n) is 2.35. The summed E-state index contributed by atoms with van der Waals surface area (Å²) < 4.78 is 4.52. The van der Waals surface area contributed by atoms with E-state index in [0.717, 1.165) is 5.69 Å². The number of para-hydroxylation sites is 1. The van der Waals surface area contributed by atoms with Gasteiger partial charge in [-0.2, -0.15) is 0 Å². The first-order valence-corrected chi connectivity index (χ1v) is 7.55. The zero-order valence-electron chi connectivity index (χ0n) is 13.2. The highest BCUT2D eigenvalue weighted by Gasteiger charge is 2.24. The van der Waals surface area contributed by atoms with Crippen molar-refractivity contribution in [3.05, 3.63) is 30.3 Å². The van der Waals surface area contributed by atoms with Crippen LogP contribution in [0.25, 0.3) is 0 Å². The number of carbonyl (C=O) groups is 3. The molecule has 1 aliphatic heterocycles. The molecule has 0 aromatic heterocycles. The number of ether oxygens (including phenoxy) is 1. The number of anilines is 1. The molecular weight excluding hydrogens is 298 g/mol. The second-order valence-electron chi connectivity index (χ2n) is 5.24. The van der Waals surface area contributed by atoms with Crippen LogP contribution in [0.4, 0.5) is 10.5 Å². The van der Waals surface area contributed by atoms with Crippen molar-refractivity contribution >= 4 is 23.6 Å². The molecule has 1 aromatic carbocycles. The van der Waals surface area contributed by atoms with E-state index in [1.54, 1.807) is 9.80 Å². The molecule has 1 aromatic rings. The number of carbonyl (C=O) groups excluding carboxylic acids is 3. The van der Waals surface area contributed by atoms with Gasteiger partial charge in [-0.3, -0.25) is 9.59 Å². The molecule has 7 nitrogen and oxygen atoms in total. The van der Waals surface area contributed by atoms with E-state index >= 15 is 0 Å². The molecule has 1 N–H and O–H groups in total. The summed E-state index contributed by atoms with van der Waals surface area (Å²) >= 11 is 0. The Morgan fingerprint density at radius 1 is 1.00 bits per heavy atom. The van der Waals surface area contributed by atoms with E-state index in [-0.39, 0.29) is 30.7 Å². The molecule has 7 heteroatoms. The molecule has 124 valence electrons. The highest BCUT2D eigenvalue weighted by Crippen LogP contribution is 2.10. The van der Waals surface area contributed by atoms with Gasteiger partial charge in [0, 0.05) is 38.3 Å². The van der Waals surface area contributed by atoms with Crippen LogP contribution in [0.3, 0.4) is 0 Å². The number of nitrogens with zero attached hydrogens (tertiary/aromatic N) is 2. The molecule has 1 heterocycles. The number of benzene rings is 1. The largest absolute Gasteiger partial charge is 0.469 e. The van der Waals surface area contributed by atoms with Gasteiger partial charge in [-0.15, -0.1) is 0 Å². The van der Waals surface area contributed by atoms with Crippen LogP contribution in [0.2, 0.25) is 0 Å². The van der Waals surface area contributed by atoms with Gasteiger partial charge in [0.05, 0.1) is 13.5 Å². The Hall–Kier alpha value is -2.57. The molecule has 0 aliphatic carbocycles. The molecule has 0 bridgehead atoms. The van der Waals surface area contributed by atoms with E-state index in [2.05, 4.69) is 10.1 Å². The average molecular weight is 319 g/mol. The number of hydrogen-bond donors (Lipinski definition) is 1. The number of amides is 3. The van der Waals surface area contributed by atoms with Crippen molar-refractivity contribution < 1.29 is 19.1 Å². The Bertz CT molecular complexity index is 554. The quantitative estimate of drug-likeness (QED) is 0.849. The van der Waals surface area contributed by atoms with Crippen LogP contribution in [0.15, 0.2) is 30.3 Å². The van der Waals surface area contributed by atoms with Gasteiger partial charge in [-0.25, -0.2) is 4.79 Å². The molecule has 23 heavy (non-hydrogen) atoms. The first-order chi connectivity index (χ1) is 11.1. The summed E-state index contributed by atoms with van der Waals surface area (Å²) in [6.07, 6.45) is 0.229. The summed E-state index contributed by atoms with van der Waals surface area (Å²) in [5.74, 6) is -0.474. The fourth-order valence-corrected chi connectivity index (χ4v) is 2.35. The van der Waals surface area contributed by atoms with Gasteiger partial charge in [0.2, 0.25) is 5.91 Å². The molecular formula is C16H21N3O4. The Morgan fingerprint density at radius 2 is 1.61 bits per heavy atom. The van der Waals surface area contributed by atoms with Gasteiger partial charge >= 0.3 is 12.0 Å². The fraction of sp³-hybridized carbons (Fsp3) is 0.438. The van der Waals surface area contributed by atoms with Crippen LogP contribution >= 0.6 is 0 Å². The molecule has 1 aliphatic rings. The SMILES string of the molecule is COC(=O)CCC(=O)N1CCN(C(=O)Nc2ccccc2)CC1. The Balaban J connectivity index is 1.76. The third-order valence-electron chi connectivity index (χ3n) is 3.72. The number of piperazine rings is 1. The summed E-state index contributed by atoms with van der Waals surface area (Å²) in [7, 11) is 1.30. The number of methoxy groups -OCH3 is 1. The lowest BCUT2D eigenvalue weighted by Gasteiger charge is -2.34. The van der Waals surface area contributed by atoms with E-state index in [0.29, 0.717) is 26.2 Å². The molecule has 0 spiro atoms. The monoisotopic (exact) mass is 319 g/mol. The lowest BCUT2D eigenvalue weighted by atomic mass is 10.2. The summed E-state index contributed by atoms with van der Waals surface area (Å²) in [4.78, 5) is 38.5. The molecule has 3 amide bonds. The van der Waals surface area contributed by atoms with Gasteiger partial charge in [0.1, 0.15) is 0 Å². The number of rotatable bonds is 4. The van der Waals surface area contributed by atoms with Crippen molar-refractivity contribution in [1.82, 2.24) is 9.80 Å². The zero-order chi connectivity index (χ0) is 16.7. The van der Waals surface area contributed by atoms with Crippen molar-refractivity contribution in [2.45, 2.75) is 12.8 Å². The maximum absolute atomic E-state index is 12.1. The van der Waals surface area contributed by atoms with Gasteiger partial charge in [-0.05, 0) is 12.1 Å². The van der Waals surface area contributed by atoms with E-state index < -0.39 is 0 Å². The van der Waals surface area contributed by atoms with Crippen LogP contribution in [0, 0.1) is 0 Å². The number of hydrogen-bond acceptors (Lipinski definition) is 4. The topological polar surface area (TPSA) is 79.0 Å². The third-order valence-corrected chi connectivity index (χ3v) is 3.72. The maximum Gasteiger partial charge on any atom is 0.321 e. The van der Waals surface area contributed by atoms with E-state index in [9.17, 15) is 14.4 Å². The maximum atomic E-state index is 12.1. The smallest absolute Gasteiger partial charge is 0.321 e. The Kier molecular flexibility index (Phi) is 5.96. The normalized spacial score (nSPS) is 14.3. The van der Waals surface area contributed by atoms with Gasteiger partial charge in [-0.1, -0.05) is 18.2 Å². The van der Waals surface area contributed by atoms with Crippen molar-refractivity contribution in [3.63, 3.8) is 0 Å². The van der Waals surface area contributed by atoms with E-state index in [4.69, 9.17) is 0 Å². The van der Waals surface area contributed by atoms with E-state index in [1.807, 2.05) is 30.3 Å². The highest BCUT2D eigenvalue weighted by atomic mass is 16.5. The zero-order valence-corrected chi connectivity index (χ0v) is 13.2. The van der Waals surface area contributed by atoms with Crippen molar-refractivity contribution in [3.8, 4) is 0 Å². The Morgan fingerprint density at radius 3 is 2.22 bits per heavy atom. The highest BCUT2D eigenvalue weighted by molar-refractivity contribution is 5.89. The van der Waals surface area contributed by atoms with Crippen LogP contribution in [-0.2, 0) is 14.3 Å². The van der Waals surface area contributed by atoms with Crippen molar-refractivity contribution in [2.24, 2.45) is 0 Å². The van der Waals surface area contributed by atoms with Crippen molar-refractivity contribution in [2.75, 3.05) is 38.6 Å². The summed E-state index contributed by atoms with van der Waals surface area (Å²) in [5, 5.41) is 2.83. The predicted octanol–water partition coefficient (Wildman–Crippen LogP) is 1.32. The molecule has 0 unspecified atom stereocenters. The summed E-state index contributed by atoms with van der Waals surface area (Å²) in [5.41, 5.74) is 0.745. The average Bonchev–Trinajstić information content (AvgIpc) is 2.60. The summed E-state index contributed by atoms with van der Waals surface area (Å²) in [6.45, 7) is 1.90. The van der Waals surface area contributed by atoms with Crippen LogP contribution in [0.5, 0.6) is 0 Å². The number of urea groups is 1. The minimum absolute atomic E-state index is 0.0847. The lowest BCUT2D eigenvalue weighted by molar-refractivity contribution is -0.143. The van der Waals surface area contributed by atoms with Crippen LogP contribution in [-0.4, -0.2) is 61.0 Å². The number of esters is 1. The van der Waals surface area contributed by atoms with E-state index in [1.165, 1.54) is 7.11 Å². The molecule has 1 fully saturated rings. The van der Waals surface area contributed by atoms with Crippen molar-refractivity contribution in [1.29, 1.82) is 0 Å². The van der Waals surface area contributed by atoms with Crippen LogP contribution in [0.1, 0.15) is 12.8 Å². The molecule has 0 radical (unpaired) electrons. The second kappa shape index (κ2) is 8.17. The second-order valence-corrected chi connectivity index (χ2v) is 5.24. The Labute approximate surface area is 135 Å². The number of nitrogens with one attached hydrogen (secondary N) is 1. The van der Waals surface area contributed by atoms with Crippen LogP contribution < -0.4 is 5.32 Å². The molecule has 0 saturated carbocycles. The third kappa shape index (κ3) is 4.98. The van der Waals surface area contributed by atoms with Gasteiger partial charge in [0.15, 0.2) is 0 Å². The molecule has 1 saturated heterocycles.